The van der Waals surface area contributed by atoms with E-state index in [1.54, 1.807) is 0 Å². The van der Waals surface area contributed by atoms with Gasteiger partial charge in [-0.3, -0.25) is 0 Å². The van der Waals surface area contributed by atoms with Crippen LogP contribution in [0.1, 0.15) is 0 Å². The summed E-state index contributed by atoms with van der Waals surface area (Å²) in [5, 5.41) is 4.59. The van der Waals surface area contributed by atoms with Crippen LogP contribution in [0.5, 0.6) is 0 Å². The minimum Gasteiger partial charge on any atom is -0.456 e. The first-order valence-electron chi connectivity index (χ1n) is 20.5. The highest BCUT2D eigenvalue weighted by atomic mass is 16.3. The molecule has 282 valence electrons. The van der Waals surface area contributed by atoms with Crippen LogP contribution < -0.4 is 4.90 Å². The molecule has 1 aromatic heterocycles. The number of furan rings is 1. The van der Waals surface area contributed by atoms with Crippen LogP contribution in [0.25, 0.3) is 88.3 Å². The van der Waals surface area contributed by atoms with Crippen LogP contribution in [0.3, 0.4) is 0 Å². The third kappa shape index (κ3) is 6.41. The van der Waals surface area contributed by atoms with Gasteiger partial charge in [-0.15, -0.1) is 0 Å². The van der Waals surface area contributed by atoms with Gasteiger partial charge in [-0.25, -0.2) is 0 Å². The lowest BCUT2D eigenvalue weighted by Crippen LogP contribution is -2.09. The fraction of sp³-hybridized carbons (Fsp3) is 0. The highest BCUT2D eigenvalue weighted by molar-refractivity contribution is 6.06. The van der Waals surface area contributed by atoms with E-state index in [-0.39, 0.29) is 0 Å². The fourth-order valence-corrected chi connectivity index (χ4v) is 8.78. The Morgan fingerprint density at radius 1 is 0.250 bits per heavy atom. The van der Waals surface area contributed by atoms with E-state index >= 15 is 0 Å². The van der Waals surface area contributed by atoms with Crippen molar-refractivity contribution >= 4 is 49.8 Å². The number of fused-ring (bicyclic) bond motifs is 4. The zero-order valence-electron chi connectivity index (χ0n) is 32.9. The average molecular weight is 766 g/mol. The summed E-state index contributed by atoms with van der Waals surface area (Å²) < 4.78 is 6.39. The molecule has 2 heteroatoms. The van der Waals surface area contributed by atoms with Gasteiger partial charge in [0.25, 0.3) is 0 Å². The Bertz CT molecular complexity index is 3310. The molecule has 0 saturated carbocycles. The van der Waals surface area contributed by atoms with Gasteiger partial charge >= 0.3 is 0 Å². The van der Waals surface area contributed by atoms with E-state index in [4.69, 9.17) is 4.42 Å². The van der Waals surface area contributed by atoms with Crippen molar-refractivity contribution in [2.24, 2.45) is 0 Å². The van der Waals surface area contributed by atoms with Gasteiger partial charge in [-0.1, -0.05) is 182 Å². The summed E-state index contributed by atoms with van der Waals surface area (Å²) in [4.78, 5) is 2.33. The lowest BCUT2D eigenvalue weighted by atomic mass is 9.86. The third-order valence-electron chi connectivity index (χ3n) is 11.7. The van der Waals surface area contributed by atoms with Crippen molar-refractivity contribution < 1.29 is 4.42 Å². The molecule has 60 heavy (non-hydrogen) atoms. The second-order valence-corrected chi connectivity index (χ2v) is 15.3. The number of anilines is 3. The SMILES string of the molecule is c1ccc(-c2ccc(N(c3ccc4cc(-c5ccccc5-c5ccccc5-c5ccccc5-c5ccccc5)ccc4c3)c3ccc4c(c3)oc3ccccc34)cc2)cc1. The number of para-hydroxylation sites is 1. The van der Waals surface area contributed by atoms with Crippen molar-refractivity contribution in [2.45, 2.75) is 0 Å². The lowest BCUT2D eigenvalue weighted by molar-refractivity contribution is 0.669. The first-order valence-corrected chi connectivity index (χ1v) is 20.5. The molecule has 0 spiro atoms. The standard InChI is InChI=1S/C58H39NO/c1-3-15-40(16-4-1)41-29-32-46(33-30-41)59(48-35-36-56-55-25-13-14-26-57(55)60-58(56)39-48)47-34-31-43-37-45(28-27-44(43)38-47)50-20-8-10-22-52(50)54-24-12-11-23-53(54)51-21-9-7-19-49(51)42-17-5-2-6-18-42/h1-39H. The summed E-state index contributed by atoms with van der Waals surface area (Å²) in [5.41, 5.74) is 17.0. The van der Waals surface area contributed by atoms with Crippen molar-refractivity contribution in [2.75, 3.05) is 4.90 Å². The Kier molecular flexibility index (Phi) is 8.87. The molecule has 0 radical (unpaired) electrons. The van der Waals surface area contributed by atoms with Crippen LogP contribution in [0.4, 0.5) is 17.1 Å². The Morgan fingerprint density at radius 3 is 1.37 bits per heavy atom. The van der Waals surface area contributed by atoms with Crippen LogP contribution in [-0.2, 0) is 0 Å². The lowest BCUT2D eigenvalue weighted by Gasteiger charge is -2.26. The molecule has 0 N–H and O–H groups in total. The largest absolute Gasteiger partial charge is 0.456 e. The summed E-state index contributed by atoms with van der Waals surface area (Å²) in [6, 6.07) is 84.9. The molecule has 0 atom stereocenters. The second kappa shape index (κ2) is 15.1. The fourth-order valence-electron chi connectivity index (χ4n) is 8.78. The van der Waals surface area contributed by atoms with Gasteiger partial charge in [-0.05, 0) is 115 Å². The second-order valence-electron chi connectivity index (χ2n) is 15.3. The minimum atomic E-state index is 0.869. The first kappa shape index (κ1) is 35.2. The van der Waals surface area contributed by atoms with Crippen molar-refractivity contribution in [1.82, 2.24) is 0 Å². The monoisotopic (exact) mass is 765 g/mol. The Hall–Kier alpha value is -7.94. The van der Waals surface area contributed by atoms with Gasteiger partial charge in [0, 0.05) is 33.9 Å². The smallest absolute Gasteiger partial charge is 0.137 e. The quantitative estimate of drug-likeness (QED) is 0.153. The molecule has 0 aliphatic carbocycles. The van der Waals surface area contributed by atoms with E-state index in [1.807, 2.05) is 12.1 Å². The molecule has 11 rings (SSSR count). The molecule has 0 amide bonds. The number of benzene rings is 10. The molecule has 2 nitrogen and oxygen atoms in total. The maximum atomic E-state index is 6.39. The topological polar surface area (TPSA) is 16.4 Å². The Morgan fingerprint density at radius 2 is 0.683 bits per heavy atom. The molecule has 10 aromatic carbocycles. The molecule has 0 fully saturated rings. The van der Waals surface area contributed by atoms with Crippen LogP contribution in [0.2, 0.25) is 0 Å². The highest BCUT2D eigenvalue weighted by Gasteiger charge is 2.18. The summed E-state index contributed by atoms with van der Waals surface area (Å²) >= 11 is 0. The predicted octanol–water partition coefficient (Wildman–Crippen LogP) is 16.5. The van der Waals surface area contributed by atoms with Crippen LogP contribution in [0, 0.1) is 0 Å². The zero-order chi connectivity index (χ0) is 39.8. The van der Waals surface area contributed by atoms with Crippen LogP contribution in [-0.4, -0.2) is 0 Å². The summed E-state index contributed by atoms with van der Waals surface area (Å²) in [6.45, 7) is 0. The van der Waals surface area contributed by atoms with Gasteiger partial charge in [0.1, 0.15) is 11.2 Å². The minimum absolute atomic E-state index is 0.869. The number of hydrogen-bond donors (Lipinski definition) is 0. The summed E-state index contributed by atoms with van der Waals surface area (Å²) in [5.74, 6) is 0. The van der Waals surface area contributed by atoms with E-state index < -0.39 is 0 Å². The van der Waals surface area contributed by atoms with E-state index in [9.17, 15) is 0 Å². The molecule has 0 saturated heterocycles. The summed E-state index contributed by atoms with van der Waals surface area (Å²) in [6.07, 6.45) is 0. The molecule has 0 unspecified atom stereocenters. The Labute approximate surface area is 349 Å². The third-order valence-corrected chi connectivity index (χ3v) is 11.7. The van der Waals surface area contributed by atoms with Gasteiger partial charge < -0.3 is 9.32 Å². The van der Waals surface area contributed by atoms with E-state index in [0.717, 1.165) is 39.0 Å². The van der Waals surface area contributed by atoms with Crippen molar-refractivity contribution in [3.8, 4) is 55.6 Å². The first-order chi connectivity index (χ1) is 29.7. The predicted molar refractivity (Wildman–Crippen MR) is 253 cm³/mol. The molecular formula is C58H39NO. The van der Waals surface area contributed by atoms with E-state index in [2.05, 4.69) is 229 Å². The molecular weight excluding hydrogens is 727 g/mol. The molecule has 11 aromatic rings. The van der Waals surface area contributed by atoms with Crippen molar-refractivity contribution in [1.29, 1.82) is 0 Å². The molecule has 1 heterocycles. The van der Waals surface area contributed by atoms with Crippen molar-refractivity contribution in [3.05, 3.63) is 237 Å². The van der Waals surface area contributed by atoms with Gasteiger partial charge in [0.05, 0.1) is 0 Å². The zero-order valence-corrected chi connectivity index (χ0v) is 32.9. The van der Waals surface area contributed by atoms with Crippen LogP contribution >= 0.6 is 0 Å². The molecule has 0 aliphatic heterocycles. The summed E-state index contributed by atoms with van der Waals surface area (Å²) in [7, 11) is 0. The van der Waals surface area contributed by atoms with E-state index in [0.29, 0.717) is 0 Å². The molecule has 0 aliphatic rings. The normalized spacial score (nSPS) is 11.3. The maximum Gasteiger partial charge on any atom is 0.137 e. The van der Waals surface area contributed by atoms with E-state index in [1.165, 1.54) is 66.4 Å². The van der Waals surface area contributed by atoms with Crippen LogP contribution in [0.15, 0.2) is 241 Å². The number of hydrogen-bond acceptors (Lipinski definition) is 2. The Balaban J connectivity index is 0.996. The van der Waals surface area contributed by atoms with Gasteiger partial charge in [0.2, 0.25) is 0 Å². The van der Waals surface area contributed by atoms with Gasteiger partial charge in [0.15, 0.2) is 0 Å². The highest BCUT2D eigenvalue weighted by Crippen LogP contribution is 2.43. The maximum absolute atomic E-state index is 6.39. The number of rotatable bonds is 8. The average Bonchev–Trinajstić information content (AvgIpc) is 3.70. The van der Waals surface area contributed by atoms with Crippen molar-refractivity contribution in [3.63, 3.8) is 0 Å². The van der Waals surface area contributed by atoms with Gasteiger partial charge in [-0.2, -0.15) is 0 Å². The number of nitrogens with zero attached hydrogens (tertiary/aromatic N) is 1. The molecule has 0 bridgehead atoms.